The average Bonchev–Trinajstić information content (AvgIpc) is 2.33. The molecule has 2 fully saturated rings. The Bertz CT molecular complexity index is 141. The highest BCUT2D eigenvalue weighted by molar-refractivity contribution is 6.46. The Morgan fingerprint density at radius 1 is 1.17 bits per heavy atom. The molecule has 0 amide bonds. The van der Waals surface area contributed by atoms with Gasteiger partial charge < -0.3 is 9.31 Å². The molecule has 2 bridgehead atoms. The van der Waals surface area contributed by atoms with Crippen LogP contribution < -0.4 is 0 Å². The Morgan fingerprint density at radius 2 is 1.83 bits per heavy atom. The van der Waals surface area contributed by atoms with Crippen molar-refractivity contribution < 1.29 is 9.31 Å². The van der Waals surface area contributed by atoms with Crippen LogP contribution in [0.15, 0.2) is 0 Å². The molecule has 12 heavy (non-hydrogen) atoms. The van der Waals surface area contributed by atoms with Crippen LogP contribution in [0.5, 0.6) is 0 Å². The maximum atomic E-state index is 5.86. The number of rotatable bonds is 1. The predicted molar refractivity (Wildman–Crippen MR) is 49.1 cm³/mol. The van der Waals surface area contributed by atoms with Crippen molar-refractivity contribution in [1.82, 2.24) is 0 Å². The van der Waals surface area contributed by atoms with Gasteiger partial charge in [-0.2, -0.15) is 0 Å². The van der Waals surface area contributed by atoms with Crippen molar-refractivity contribution in [2.45, 2.75) is 50.4 Å². The molecule has 2 aliphatic rings. The van der Waals surface area contributed by atoms with Gasteiger partial charge in [-0.25, -0.2) is 0 Å². The Morgan fingerprint density at radius 3 is 2.42 bits per heavy atom. The molecule has 2 nitrogen and oxygen atoms in total. The molecule has 0 aromatic rings. The Kier molecular flexibility index (Phi) is 2.71. The standard InChI is InChI=1S/C9H17BO2/c1-11-10-8-4-2-6-9(12-10)7-3-5-8/h8-9H,2-7H2,1H3. The molecular formula is C9H17BO2. The molecule has 2 aliphatic heterocycles. The SMILES string of the molecule is COB1OC2CCCC1CCC2. The molecule has 2 heterocycles. The lowest BCUT2D eigenvalue weighted by molar-refractivity contribution is 0.147. The molecule has 0 radical (unpaired) electrons. The topological polar surface area (TPSA) is 18.5 Å². The van der Waals surface area contributed by atoms with E-state index in [-0.39, 0.29) is 7.12 Å². The molecule has 0 N–H and O–H groups in total. The van der Waals surface area contributed by atoms with Crippen molar-refractivity contribution in [1.29, 1.82) is 0 Å². The van der Waals surface area contributed by atoms with Gasteiger partial charge in [-0.1, -0.05) is 25.7 Å². The molecule has 2 saturated heterocycles. The molecule has 0 atom stereocenters. The summed E-state index contributed by atoms with van der Waals surface area (Å²) >= 11 is 0. The van der Waals surface area contributed by atoms with E-state index in [1.54, 1.807) is 7.11 Å². The highest BCUT2D eigenvalue weighted by Gasteiger charge is 2.36. The monoisotopic (exact) mass is 168 g/mol. The van der Waals surface area contributed by atoms with Crippen molar-refractivity contribution in [3.8, 4) is 0 Å². The molecule has 0 aromatic heterocycles. The summed E-state index contributed by atoms with van der Waals surface area (Å²) in [5.74, 6) is 0.669. The summed E-state index contributed by atoms with van der Waals surface area (Å²) in [7, 11) is 1.87. The summed E-state index contributed by atoms with van der Waals surface area (Å²) in [6.45, 7) is 0. The third-order valence-electron chi connectivity index (χ3n) is 3.15. The van der Waals surface area contributed by atoms with E-state index in [1.165, 1.54) is 38.5 Å². The molecule has 0 saturated carbocycles. The highest BCUT2D eigenvalue weighted by Crippen LogP contribution is 2.36. The maximum absolute atomic E-state index is 5.86. The van der Waals surface area contributed by atoms with Crippen molar-refractivity contribution in [3.05, 3.63) is 0 Å². The van der Waals surface area contributed by atoms with E-state index < -0.39 is 0 Å². The number of hydrogen-bond donors (Lipinski definition) is 0. The Balaban J connectivity index is 2.06. The summed E-state index contributed by atoms with van der Waals surface area (Å²) in [5.41, 5.74) is 0. The first-order valence-electron chi connectivity index (χ1n) is 5.08. The van der Waals surface area contributed by atoms with Crippen LogP contribution in [0.3, 0.4) is 0 Å². The quantitative estimate of drug-likeness (QED) is 0.559. The van der Waals surface area contributed by atoms with Gasteiger partial charge in [0.1, 0.15) is 0 Å². The molecule has 3 heteroatoms. The zero-order valence-electron chi connectivity index (χ0n) is 7.79. The van der Waals surface area contributed by atoms with Crippen molar-refractivity contribution in [3.63, 3.8) is 0 Å². The fourth-order valence-corrected chi connectivity index (χ4v) is 2.46. The highest BCUT2D eigenvalue weighted by atomic mass is 16.6. The molecule has 0 unspecified atom stereocenters. The van der Waals surface area contributed by atoms with Crippen molar-refractivity contribution >= 4 is 7.12 Å². The van der Waals surface area contributed by atoms with Crippen LogP contribution in [0, 0.1) is 0 Å². The average molecular weight is 168 g/mol. The van der Waals surface area contributed by atoms with Crippen LogP contribution >= 0.6 is 0 Å². The van der Waals surface area contributed by atoms with Gasteiger partial charge >= 0.3 is 7.12 Å². The van der Waals surface area contributed by atoms with E-state index in [2.05, 4.69) is 0 Å². The lowest BCUT2D eigenvalue weighted by Crippen LogP contribution is -2.27. The van der Waals surface area contributed by atoms with Gasteiger partial charge in [0.05, 0.1) is 0 Å². The molecule has 0 spiro atoms. The van der Waals surface area contributed by atoms with E-state index in [1.807, 2.05) is 0 Å². The van der Waals surface area contributed by atoms with E-state index in [4.69, 9.17) is 9.31 Å². The van der Waals surface area contributed by atoms with Gasteiger partial charge in [0, 0.05) is 13.2 Å². The summed E-state index contributed by atoms with van der Waals surface area (Å²) < 4.78 is 11.2. The van der Waals surface area contributed by atoms with Crippen LogP contribution in [0.25, 0.3) is 0 Å². The molecular weight excluding hydrogens is 151 g/mol. The second kappa shape index (κ2) is 3.80. The predicted octanol–water partition coefficient (Wildman–Crippen LogP) is 2.24. The van der Waals surface area contributed by atoms with Gasteiger partial charge in [-0.05, 0) is 18.7 Å². The smallest absolute Gasteiger partial charge is 0.414 e. The van der Waals surface area contributed by atoms with E-state index in [0.29, 0.717) is 11.9 Å². The van der Waals surface area contributed by atoms with Crippen LogP contribution in [0.2, 0.25) is 5.82 Å². The largest absolute Gasteiger partial charge is 0.460 e. The number of hydrogen-bond acceptors (Lipinski definition) is 2. The Labute approximate surface area is 74.8 Å². The molecule has 0 aromatic carbocycles. The van der Waals surface area contributed by atoms with Crippen LogP contribution in [0.1, 0.15) is 38.5 Å². The zero-order chi connectivity index (χ0) is 8.39. The zero-order valence-corrected chi connectivity index (χ0v) is 7.79. The van der Waals surface area contributed by atoms with E-state index in [9.17, 15) is 0 Å². The van der Waals surface area contributed by atoms with Crippen molar-refractivity contribution in [2.75, 3.05) is 7.11 Å². The van der Waals surface area contributed by atoms with Crippen LogP contribution in [0.4, 0.5) is 0 Å². The fraction of sp³-hybridized carbons (Fsp3) is 1.00. The normalized spacial score (nSPS) is 36.2. The Hall–Kier alpha value is -0.0151. The second-order valence-corrected chi connectivity index (χ2v) is 3.98. The first-order valence-corrected chi connectivity index (χ1v) is 5.08. The van der Waals surface area contributed by atoms with Gasteiger partial charge in [0.2, 0.25) is 0 Å². The third-order valence-corrected chi connectivity index (χ3v) is 3.15. The minimum Gasteiger partial charge on any atom is -0.414 e. The van der Waals surface area contributed by atoms with Gasteiger partial charge in [0.15, 0.2) is 0 Å². The molecule has 0 aliphatic carbocycles. The first kappa shape index (κ1) is 8.58. The van der Waals surface area contributed by atoms with Gasteiger partial charge in [-0.15, -0.1) is 0 Å². The lowest BCUT2D eigenvalue weighted by atomic mass is 9.67. The van der Waals surface area contributed by atoms with E-state index >= 15 is 0 Å². The minimum atomic E-state index is 0.0972. The summed E-state index contributed by atoms with van der Waals surface area (Å²) in [6, 6.07) is 0. The lowest BCUT2D eigenvalue weighted by Gasteiger charge is -2.16. The first-order chi connectivity index (χ1) is 5.90. The fourth-order valence-electron chi connectivity index (χ4n) is 2.46. The summed E-state index contributed by atoms with van der Waals surface area (Å²) in [6.07, 6.45) is 8.24. The second-order valence-electron chi connectivity index (χ2n) is 3.98. The van der Waals surface area contributed by atoms with Crippen LogP contribution in [-0.4, -0.2) is 20.3 Å². The van der Waals surface area contributed by atoms with Crippen molar-refractivity contribution in [2.24, 2.45) is 0 Å². The summed E-state index contributed by atoms with van der Waals surface area (Å²) in [4.78, 5) is 0. The van der Waals surface area contributed by atoms with Gasteiger partial charge in [0.25, 0.3) is 0 Å². The van der Waals surface area contributed by atoms with Gasteiger partial charge in [-0.3, -0.25) is 0 Å². The van der Waals surface area contributed by atoms with Crippen LogP contribution in [-0.2, 0) is 9.31 Å². The number of fused-ring (bicyclic) bond motifs is 3. The minimum absolute atomic E-state index is 0.0972. The molecule has 68 valence electrons. The third kappa shape index (κ3) is 1.67. The van der Waals surface area contributed by atoms with E-state index in [0.717, 1.165) is 0 Å². The maximum Gasteiger partial charge on any atom is 0.460 e. The summed E-state index contributed by atoms with van der Waals surface area (Å²) in [5, 5.41) is 0. The molecule has 2 rings (SSSR count).